The number of aryl methyl sites for hydroxylation is 2. The summed E-state index contributed by atoms with van der Waals surface area (Å²) in [7, 11) is 0. The Bertz CT molecular complexity index is 970. The van der Waals surface area contributed by atoms with Crippen molar-refractivity contribution < 1.29 is 4.79 Å². The zero-order valence-electron chi connectivity index (χ0n) is 14.2. The molecule has 1 amide bonds. The van der Waals surface area contributed by atoms with Crippen molar-refractivity contribution in [2.45, 2.75) is 26.9 Å². The summed E-state index contributed by atoms with van der Waals surface area (Å²) in [6.45, 7) is 8.56. The van der Waals surface area contributed by atoms with Crippen LogP contribution >= 0.6 is 22.7 Å². The lowest BCUT2D eigenvalue weighted by atomic mass is 10.2. The van der Waals surface area contributed by atoms with Crippen LogP contribution in [0, 0.1) is 13.8 Å². The van der Waals surface area contributed by atoms with Crippen LogP contribution in [-0.2, 0) is 17.9 Å². The Hall–Kier alpha value is -2.25. The van der Waals surface area contributed by atoms with Crippen molar-refractivity contribution >= 4 is 38.8 Å². The maximum absolute atomic E-state index is 12.7. The van der Waals surface area contributed by atoms with Gasteiger partial charge in [0.2, 0.25) is 5.91 Å². The largest absolute Gasteiger partial charge is 0.332 e. The first-order valence-corrected chi connectivity index (χ1v) is 9.57. The van der Waals surface area contributed by atoms with E-state index in [-0.39, 0.29) is 18.0 Å². The van der Waals surface area contributed by atoms with Crippen LogP contribution in [0.25, 0.3) is 10.2 Å². The molecule has 0 fully saturated rings. The van der Waals surface area contributed by atoms with Gasteiger partial charge in [-0.1, -0.05) is 12.1 Å². The second-order valence-electron chi connectivity index (χ2n) is 5.78. The van der Waals surface area contributed by atoms with Crippen molar-refractivity contribution in [2.24, 2.45) is 0 Å². The molecule has 0 saturated heterocycles. The van der Waals surface area contributed by atoms with Crippen LogP contribution in [0.1, 0.15) is 15.3 Å². The van der Waals surface area contributed by atoms with Gasteiger partial charge in [-0.25, -0.2) is 4.98 Å². The maximum atomic E-state index is 12.7. The molecular weight excluding hydrogens is 354 g/mol. The summed E-state index contributed by atoms with van der Waals surface area (Å²) in [6.07, 6.45) is 3.16. The molecule has 3 aromatic heterocycles. The van der Waals surface area contributed by atoms with Gasteiger partial charge in [0.25, 0.3) is 5.56 Å². The number of nitrogens with zero attached hydrogens (tertiary/aromatic N) is 3. The van der Waals surface area contributed by atoms with Gasteiger partial charge in [-0.05, 0) is 30.9 Å². The van der Waals surface area contributed by atoms with Crippen LogP contribution in [-0.4, -0.2) is 26.9 Å². The minimum atomic E-state index is -0.158. The number of thiophene rings is 2. The molecule has 0 atom stereocenters. The second-order valence-corrected chi connectivity index (χ2v) is 8.02. The molecule has 25 heavy (non-hydrogen) atoms. The quantitative estimate of drug-likeness (QED) is 0.623. The van der Waals surface area contributed by atoms with Gasteiger partial charge in [-0.15, -0.1) is 29.3 Å². The first-order valence-electron chi connectivity index (χ1n) is 7.87. The van der Waals surface area contributed by atoms with Crippen LogP contribution in [0.15, 0.2) is 41.3 Å². The number of fused-ring (bicyclic) bond motifs is 1. The third-order valence-electron chi connectivity index (χ3n) is 4.09. The van der Waals surface area contributed by atoms with Crippen molar-refractivity contribution in [3.63, 3.8) is 0 Å². The fourth-order valence-corrected chi connectivity index (χ4v) is 4.34. The lowest BCUT2D eigenvalue weighted by Crippen LogP contribution is -2.36. The maximum Gasteiger partial charge on any atom is 0.262 e. The van der Waals surface area contributed by atoms with Gasteiger partial charge in [0.15, 0.2) is 0 Å². The van der Waals surface area contributed by atoms with E-state index in [4.69, 9.17) is 0 Å². The molecule has 0 aliphatic heterocycles. The highest BCUT2D eigenvalue weighted by Crippen LogP contribution is 2.25. The molecule has 3 aromatic rings. The average Bonchev–Trinajstić information content (AvgIpc) is 3.19. The smallest absolute Gasteiger partial charge is 0.262 e. The standard InChI is InChI=1S/C18H19N3O2S2/c1-4-7-20(9-14-6-5-8-24-14)15(22)10-21-11-19-17-16(18(21)23)12(2)13(3)25-17/h4-6,8,11H,1,7,9-10H2,2-3H3. The number of amides is 1. The van der Waals surface area contributed by atoms with E-state index in [1.807, 2.05) is 31.4 Å². The van der Waals surface area contributed by atoms with Crippen molar-refractivity contribution in [1.82, 2.24) is 14.5 Å². The van der Waals surface area contributed by atoms with E-state index in [0.717, 1.165) is 20.1 Å². The monoisotopic (exact) mass is 373 g/mol. The molecule has 0 N–H and O–H groups in total. The van der Waals surface area contributed by atoms with Gasteiger partial charge in [-0.2, -0.15) is 0 Å². The Balaban J connectivity index is 1.87. The lowest BCUT2D eigenvalue weighted by Gasteiger charge is -2.20. The van der Waals surface area contributed by atoms with Crippen LogP contribution in [0.4, 0.5) is 0 Å². The Labute approximate surface area is 153 Å². The minimum absolute atomic E-state index is 0.0185. The highest BCUT2D eigenvalue weighted by Gasteiger charge is 2.17. The third kappa shape index (κ3) is 3.57. The van der Waals surface area contributed by atoms with E-state index in [2.05, 4.69) is 11.6 Å². The summed E-state index contributed by atoms with van der Waals surface area (Å²) < 4.78 is 1.40. The van der Waals surface area contributed by atoms with Gasteiger partial charge in [0.1, 0.15) is 11.4 Å². The van der Waals surface area contributed by atoms with E-state index < -0.39 is 0 Å². The van der Waals surface area contributed by atoms with Gasteiger partial charge in [0, 0.05) is 16.3 Å². The summed E-state index contributed by atoms with van der Waals surface area (Å²) in [5, 5.41) is 2.60. The van der Waals surface area contributed by atoms with Crippen LogP contribution in [0.5, 0.6) is 0 Å². The number of hydrogen-bond donors (Lipinski definition) is 0. The molecule has 7 heteroatoms. The number of rotatable bonds is 6. The van der Waals surface area contributed by atoms with Gasteiger partial charge in [0.05, 0.1) is 18.3 Å². The first kappa shape index (κ1) is 17.6. The van der Waals surface area contributed by atoms with Crippen molar-refractivity contribution in [3.8, 4) is 0 Å². The van der Waals surface area contributed by atoms with Gasteiger partial charge >= 0.3 is 0 Å². The van der Waals surface area contributed by atoms with Gasteiger partial charge in [-0.3, -0.25) is 14.2 Å². The molecule has 0 spiro atoms. The molecule has 0 aliphatic carbocycles. The average molecular weight is 374 g/mol. The molecule has 3 rings (SSSR count). The van der Waals surface area contributed by atoms with E-state index in [9.17, 15) is 9.59 Å². The molecule has 0 aromatic carbocycles. The summed E-state index contributed by atoms with van der Waals surface area (Å²) in [4.78, 5) is 34.4. The Morgan fingerprint density at radius 2 is 2.24 bits per heavy atom. The van der Waals surface area contributed by atoms with Crippen LogP contribution in [0.3, 0.4) is 0 Å². The van der Waals surface area contributed by atoms with Crippen LogP contribution < -0.4 is 5.56 Å². The van der Waals surface area contributed by atoms with Crippen molar-refractivity contribution in [3.05, 3.63) is 62.2 Å². The fraction of sp³-hybridized carbons (Fsp3) is 0.278. The SMILES string of the molecule is C=CCN(Cc1cccs1)C(=O)Cn1cnc2sc(C)c(C)c2c1=O. The summed E-state index contributed by atoms with van der Waals surface area (Å²) in [5.41, 5.74) is 0.788. The number of carbonyl (C=O) groups excluding carboxylic acids is 1. The number of carbonyl (C=O) groups is 1. The highest BCUT2D eigenvalue weighted by atomic mass is 32.1. The Morgan fingerprint density at radius 3 is 2.92 bits per heavy atom. The zero-order valence-corrected chi connectivity index (χ0v) is 15.8. The number of hydrogen-bond acceptors (Lipinski definition) is 5. The molecule has 0 bridgehead atoms. The van der Waals surface area contributed by atoms with Crippen molar-refractivity contribution in [2.75, 3.05) is 6.54 Å². The predicted molar refractivity (Wildman–Crippen MR) is 103 cm³/mol. The van der Waals surface area contributed by atoms with Crippen molar-refractivity contribution in [1.29, 1.82) is 0 Å². The normalized spacial score (nSPS) is 11.0. The second kappa shape index (κ2) is 7.33. The summed E-state index contributed by atoms with van der Waals surface area (Å²) in [5.74, 6) is -0.124. The highest BCUT2D eigenvalue weighted by molar-refractivity contribution is 7.18. The van der Waals surface area contributed by atoms with E-state index in [0.29, 0.717) is 18.5 Å². The minimum Gasteiger partial charge on any atom is -0.332 e. The van der Waals surface area contributed by atoms with E-state index in [1.54, 1.807) is 22.3 Å². The van der Waals surface area contributed by atoms with E-state index >= 15 is 0 Å². The molecule has 0 unspecified atom stereocenters. The first-order chi connectivity index (χ1) is 12.0. The molecule has 3 heterocycles. The molecular formula is C18H19N3O2S2. The topological polar surface area (TPSA) is 55.2 Å². The third-order valence-corrected chi connectivity index (χ3v) is 6.07. The Kier molecular flexibility index (Phi) is 5.15. The molecule has 130 valence electrons. The predicted octanol–water partition coefficient (Wildman–Crippen LogP) is 3.35. The number of aromatic nitrogens is 2. The Morgan fingerprint density at radius 1 is 1.44 bits per heavy atom. The zero-order chi connectivity index (χ0) is 18.0. The molecule has 5 nitrogen and oxygen atoms in total. The summed E-state index contributed by atoms with van der Waals surface area (Å²) >= 11 is 3.11. The summed E-state index contributed by atoms with van der Waals surface area (Å²) in [6, 6.07) is 3.95. The van der Waals surface area contributed by atoms with E-state index in [1.165, 1.54) is 22.2 Å². The molecule has 0 radical (unpaired) electrons. The lowest BCUT2D eigenvalue weighted by molar-refractivity contribution is -0.131. The molecule has 0 aliphatic rings. The van der Waals surface area contributed by atoms with Gasteiger partial charge < -0.3 is 4.90 Å². The fourth-order valence-electron chi connectivity index (χ4n) is 2.63. The van der Waals surface area contributed by atoms with Crippen LogP contribution in [0.2, 0.25) is 0 Å². The molecule has 0 saturated carbocycles.